The van der Waals surface area contributed by atoms with Gasteiger partial charge >= 0.3 is 6.16 Å². The molecular weight excluding hydrogens is 400 g/mol. The van der Waals surface area contributed by atoms with E-state index >= 15 is 0 Å². The highest BCUT2D eigenvalue weighted by atomic mass is 35.5. The van der Waals surface area contributed by atoms with Gasteiger partial charge in [-0.2, -0.15) is 5.10 Å². The van der Waals surface area contributed by atoms with Gasteiger partial charge in [0.25, 0.3) is 0 Å². The van der Waals surface area contributed by atoms with Crippen molar-refractivity contribution in [2.24, 2.45) is 0 Å². The van der Waals surface area contributed by atoms with E-state index in [4.69, 9.17) is 16.7 Å². The van der Waals surface area contributed by atoms with Crippen LogP contribution in [0.1, 0.15) is 5.56 Å². The fourth-order valence-corrected chi connectivity index (χ4v) is 3.99. The minimum atomic E-state index is -1.40. The van der Waals surface area contributed by atoms with Crippen LogP contribution in [0.4, 0.5) is 4.79 Å². The Morgan fingerprint density at radius 2 is 2.11 bits per heavy atom. The molecule has 0 spiro atoms. The molecule has 0 bridgehead atoms. The first-order valence-corrected chi connectivity index (χ1v) is 9.76. The second kappa shape index (κ2) is 7.95. The highest BCUT2D eigenvalue weighted by Crippen LogP contribution is 2.31. The Hall–Kier alpha value is -2.97. The number of benzene rings is 2. The number of thioether (sulfide) groups is 1. The molecule has 9 heteroatoms. The number of imidazole rings is 1. The summed E-state index contributed by atoms with van der Waals surface area (Å²) in [6.07, 6.45) is 2.29. The van der Waals surface area contributed by atoms with Crippen molar-refractivity contribution in [3.63, 3.8) is 0 Å². The molecule has 0 fully saturated rings. The predicted molar refractivity (Wildman–Crippen MR) is 108 cm³/mol. The number of hydrogen-bond acceptors (Lipinski definition) is 5. The van der Waals surface area contributed by atoms with E-state index in [1.165, 1.54) is 22.6 Å². The van der Waals surface area contributed by atoms with Crippen LogP contribution in [-0.2, 0) is 6.42 Å². The van der Waals surface area contributed by atoms with Gasteiger partial charge < -0.3 is 14.8 Å². The fraction of sp³-hybridized carbons (Fsp3) is 0.105. The van der Waals surface area contributed by atoms with E-state index < -0.39 is 6.16 Å². The Morgan fingerprint density at radius 1 is 1.29 bits per heavy atom. The number of aromatic amines is 1. The molecule has 0 saturated carbocycles. The zero-order valence-corrected chi connectivity index (χ0v) is 16.1. The lowest BCUT2D eigenvalue weighted by Gasteiger charge is -2.04. The highest BCUT2D eigenvalue weighted by molar-refractivity contribution is 7.99. The number of aryl methyl sites for hydroxylation is 1. The van der Waals surface area contributed by atoms with Gasteiger partial charge in [0.05, 0.1) is 28.4 Å². The fourth-order valence-electron chi connectivity index (χ4n) is 2.72. The van der Waals surface area contributed by atoms with Crippen molar-refractivity contribution in [1.82, 2.24) is 19.7 Å². The average molecular weight is 415 g/mol. The number of fused-ring (bicyclic) bond motifs is 1. The third kappa shape index (κ3) is 4.13. The molecule has 28 heavy (non-hydrogen) atoms. The molecule has 7 nitrogen and oxygen atoms in total. The normalized spacial score (nSPS) is 11.0. The van der Waals surface area contributed by atoms with Crippen LogP contribution >= 0.6 is 23.4 Å². The van der Waals surface area contributed by atoms with E-state index in [0.717, 1.165) is 28.1 Å². The maximum atomic E-state index is 10.6. The molecule has 2 aromatic heterocycles. The van der Waals surface area contributed by atoms with Gasteiger partial charge in [-0.15, -0.1) is 11.8 Å². The van der Waals surface area contributed by atoms with Crippen molar-refractivity contribution < 1.29 is 14.6 Å². The first kappa shape index (κ1) is 18.4. The summed E-state index contributed by atoms with van der Waals surface area (Å²) < 4.78 is 5.99. The van der Waals surface area contributed by atoms with Crippen LogP contribution in [0.5, 0.6) is 5.75 Å². The molecule has 0 unspecified atom stereocenters. The second-order valence-electron chi connectivity index (χ2n) is 5.93. The number of hydrogen-bond donors (Lipinski definition) is 2. The number of nitrogens with one attached hydrogen (secondary N) is 1. The van der Waals surface area contributed by atoms with E-state index in [-0.39, 0.29) is 5.75 Å². The van der Waals surface area contributed by atoms with Gasteiger partial charge in [0.1, 0.15) is 0 Å². The van der Waals surface area contributed by atoms with Gasteiger partial charge in [0, 0.05) is 10.6 Å². The second-order valence-corrected chi connectivity index (χ2v) is 7.48. The van der Waals surface area contributed by atoms with Crippen molar-refractivity contribution in [3.05, 3.63) is 65.4 Å². The standard InChI is InChI=1S/C19H15ClN4O3S/c20-14-8-15-16(9-17(14)28-7-6-12-4-2-1-3-5-12)23-18(22-15)24-11-13(10-21-24)27-19(25)26/h1-5,8-11H,6-7H2,(H,22,23)(H,25,26). The number of ether oxygens (including phenoxy) is 1. The number of aromatic nitrogens is 4. The first-order chi connectivity index (χ1) is 13.6. The molecule has 0 atom stereocenters. The van der Waals surface area contributed by atoms with Crippen LogP contribution in [0.2, 0.25) is 5.02 Å². The smallest absolute Gasteiger partial charge is 0.449 e. The van der Waals surface area contributed by atoms with Crippen LogP contribution in [-0.4, -0.2) is 36.8 Å². The number of H-pyrrole nitrogens is 1. The van der Waals surface area contributed by atoms with E-state index in [9.17, 15) is 4.79 Å². The van der Waals surface area contributed by atoms with Crippen molar-refractivity contribution in [2.45, 2.75) is 11.3 Å². The molecule has 0 aliphatic rings. The van der Waals surface area contributed by atoms with Gasteiger partial charge in [-0.3, -0.25) is 0 Å². The molecule has 2 heterocycles. The summed E-state index contributed by atoms with van der Waals surface area (Å²) in [7, 11) is 0. The number of nitrogens with zero attached hydrogens (tertiary/aromatic N) is 3. The SMILES string of the molecule is O=C(O)Oc1cnn(-c2nc3cc(SCCc4ccccc4)c(Cl)cc3[nH]2)c1. The summed E-state index contributed by atoms with van der Waals surface area (Å²) >= 11 is 8.10. The van der Waals surface area contributed by atoms with Gasteiger partial charge in [0.2, 0.25) is 5.95 Å². The van der Waals surface area contributed by atoms with Crippen LogP contribution in [0, 0.1) is 0 Å². The van der Waals surface area contributed by atoms with Crippen molar-refractivity contribution in [2.75, 3.05) is 5.75 Å². The summed E-state index contributed by atoms with van der Waals surface area (Å²) in [6, 6.07) is 14.1. The number of rotatable bonds is 6. The van der Waals surface area contributed by atoms with Gasteiger partial charge in [-0.25, -0.2) is 14.5 Å². The summed E-state index contributed by atoms with van der Waals surface area (Å²) in [6.45, 7) is 0. The number of halogens is 1. The van der Waals surface area contributed by atoms with Gasteiger partial charge in [-0.05, 0) is 24.1 Å². The third-order valence-corrected chi connectivity index (χ3v) is 5.48. The summed E-state index contributed by atoms with van der Waals surface area (Å²) in [4.78, 5) is 19.2. The summed E-state index contributed by atoms with van der Waals surface area (Å²) in [5.41, 5.74) is 2.80. The minimum absolute atomic E-state index is 0.114. The quantitative estimate of drug-likeness (QED) is 0.348. The highest BCUT2D eigenvalue weighted by Gasteiger charge is 2.12. The van der Waals surface area contributed by atoms with Crippen LogP contribution in [0.25, 0.3) is 17.0 Å². The maximum Gasteiger partial charge on any atom is 0.511 e. The Balaban J connectivity index is 1.51. The maximum absolute atomic E-state index is 10.6. The van der Waals surface area contributed by atoms with Gasteiger partial charge in [-0.1, -0.05) is 41.9 Å². The third-order valence-electron chi connectivity index (χ3n) is 4.00. The Morgan fingerprint density at radius 3 is 2.89 bits per heavy atom. The first-order valence-electron chi connectivity index (χ1n) is 8.40. The predicted octanol–water partition coefficient (Wildman–Crippen LogP) is 4.79. The zero-order valence-electron chi connectivity index (χ0n) is 14.5. The average Bonchev–Trinajstić information content (AvgIpc) is 3.29. The van der Waals surface area contributed by atoms with E-state index in [1.54, 1.807) is 11.8 Å². The molecule has 0 aliphatic carbocycles. The van der Waals surface area contributed by atoms with Crippen molar-refractivity contribution >= 4 is 40.6 Å². The summed E-state index contributed by atoms with van der Waals surface area (Å²) in [5.74, 6) is 1.46. The molecule has 4 rings (SSSR count). The monoisotopic (exact) mass is 414 g/mol. The Labute approximate surface area is 169 Å². The van der Waals surface area contributed by atoms with Crippen LogP contribution in [0.15, 0.2) is 59.8 Å². The molecule has 0 amide bonds. The molecule has 0 aliphatic heterocycles. The molecule has 142 valence electrons. The lowest BCUT2D eigenvalue weighted by atomic mass is 10.2. The molecule has 2 aromatic carbocycles. The topological polar surface area (TPSA) is 93.0 Å². The lowest BCUT2D eigenvalue weighted by molar-refractivity contribution is 0.144. The molecule has 2 N–H and O–H groups in total. The largest absolute Gasteiger partial charge is 0.511 e. The Bertz CT molecular complexity index is 1130. The number of carbonyl (C=O) groups is 1. The molecule has 0 saturated heterocycles. The molecule has 0 radical (unpaired) electrons. The van der Waals surface area contributed by atoms with E-state index in [2.05, 4.69) is 31.9 Å². The van der Waals surface area contributed by atoms with E-state index in [1.807, 2.05) is 30.3 Å². The van der Waals surface area contributed by atoms with Crippen molar-refractivity contribution in [1.29, 1.82) is 0 Å². The number of carboxylic acid groups (broad SMARTS) is 1. The Kier molecular flexibility index (Phi) is 5.23. The minimum Gasteiger partial charge on any atom is -0.449 e. The van der Waals surface area contributed by atoms with E-state index in [0.29, 0.717) is 11.0 Å². The van der Waals surface area contributed by atoms with Crippen molar-refractivity contribution in [3.8, 4) is 11.7 Å². The van der Waals surface area contributed by atoms with Crippen LogP contribution < -0.4 is 4.74 Å². The van der Waals surface area contributed by atoms with Crippen LogP contribution in [0.3, 0.4) is 0 Å². The molecule has 4 aromatic rings. The molecular formula is C19H15ClN4O3S. The lowest BCUT2D eigenvalue weighted by Crippen LogP contribution is -2.02. The summed E-state index contributed by atoms with van der Waals surface area (Å²) in [5, 5.41) is 13.4. The van der Waals surface area contributed by atoms with Gasteiger partial charge in [0.15, 0.2) is 5.75 Å². The zero-order chi connectivity index (χ0) is 19.5.